The number of nitrogens with zero attached hydrogens (tertiary/aromatic N) is 3. The van der Waals surface area contributed by atoms with Crippen LogP contribution in [-0.4, -0.2) is 28.2 Å². The highest BCUT2D eigenvalue weighted by molar-refractivity contribution is 5.48. The standard InChI is InChI=1S/C15H20N4O2/c1-10(2)21-15-12(6-5-7-16-15)8-17-13-11(3)14(20-4)19-9-18-13/h5-7,9-10H,8H2,1-4H3,(H,17,18,19). The van der Waals surface area contributed by atoms with Crippen LogP contribution >= 0.6 is 0 Å². The van der Waals surface area contributed by atoms with Gasteiger partial charge in [-0.3, -0.25) is 0 Å². The molecular weight excluding hydrogens is 268 g/mol. The molecule has 0 saturated heterocycles. The number of nitrogens with one attached hydrogen (secondary N) is 1. The highest BCUT2D eigenvalue weighted by atomic mass is 16.5. The average Bonchev–Trinajstić information content (AvgIpc) is 2.47. The minimum atomic E-state index is 0.0829. The number of anilines is 1. The second-order valence-electron chi connectivity index (χ2n) is 4.84. The molecule has 0 saturated carbocycles. The van der Waals surface area contributed by atoms with Crippen LogP contribution in [0.5, 0.6) is 11.8 Å². The van der Waals surface area contributed by atoms with Gasteiger partial charge in [0, 0.05) is 18.3 Å². The van der Waals surface area contributed by atoms with Crippen molar-refractivity contribution in [3.8, 4) is 11.8 Å². The third-order valence-electron chi connectivity index (χ3n) is 2.87. The van der Waals surface area contributed by atoms with E-state index >= 15 is 0 Å². The van der Waals surface area contributed by atoms with Gasteiger partial charge in [0.2, 0.25) is 11.8 Å². The first-order valence-electron chi connectivity index (χ1n) is 6.81. The smallest absolute Gasteiger partial charge is 0.221 e. The van der Waals surface area contributed by atoms with Gasteiger partial charge < -0.3 is 14.8 Å². The summed E-state index contributed by atoms with van der Waals surface area (Å²) >= 11 is 0. The van der Waals surface area contributed by atoms with Crippen molar-refractivity contribution in [3.05, 3.63) is 35.8 Å². The van der Waals surface area contributed by atoms with Crippen LogP contribution in [0.25, 0.3) is 0 Å². The third kappa shape index (κ3) is 3.81. The molecule has 1 N–H and O–H groups in total. The number of aromatic nitrogens is 3. The summed E-state index contributed by atoms with van der Waals surface area (Å²) in [5, 5.41) is 3.27. The number of pyridine rings is 1. The summed E-state index contributed by atoms with van der Waals surface area (Å²) in [4.78, 5) is 12.6. The van der Waals surface area contributed by atoms with Crippen LogP contribution in [0.1, 0.15) is 25.0 Å². The molecule has 0 spiro atoms. The number of hydrogen-bond acceptors (Lipinski definition) is 6. The molecule has 0 radical (unpaired) electrons. The van der Waals surface area contributed by atoms with Crippen molar-refractivity contribution in [3.63, 3.8) is 0 Å². The van der Waals surface area contributed by atoms with Crippen molar-refractivity contribution in [2.45, 2.75) is 33.4 Å². The number of methoxy groups -OCH3 is 1. The van der Waals surface area contributed by atoms with E-state index in [0.717, 1.165) is 16.9 Å². The first-order valence-corrected chi connectivity index (χ1v) is 6.81. The Bertz CT molecular complexity index is 602. The quantitative estimate of drug-likeness (QED) is 0.881. The molecule has 0 aliphatic heterocycles. The molecule has 0 fully saturated rings. The van der Waals surface area contributed by atoms with Gasteiger partial charge in [-0.15, -0.1) is 0 Å². The highest BCUT2D eigenvalue weighted by Gasteiger charge is 2.10. The van der Waals surface area contributed by atoms with Crippen molar-refractivity contribution in [2.75, 3.05) is 12.4 Å². The zero-order valence-electron chi connectivity index (χ0n) is 12.8. The van der Waals surface area contributed by atoms with Gasteiger partial charge in [-0.1, -0.05) is 6.07 Å². The fraction of sp³-hybridized carbons (Fsp3) is 0.400. The highest BCUT2D eigenvalue weighted by Crippen LogP contribution is 2.22. The van der Waals surface area contributed by atoms with E-state index in [1.807, 2.05) is 32.9 Å². The topological polar surface area (TPSA) is 69.2 Å². The van der Waals surface area contributed by atoms with Gasteiger partial charge in [0.1, 0.15) is 12.1 Å². The molecule has 21 heavy (non-hydrogen) atoms. The van der Waals surface area contributed by atoms with E-state index in [4.69, 9.17) is 9.47 Å². The van der Waals surface area contributed by atoms with Crippen molar-refractivity contribution < 1.29 is 9.47 Å². The molecule has 0 atom stereocenters. The fourth-order valence-electron chi connectivity index (χ4n) is 1.88. The molecule has 0 unspecified atom stereocenters. The van der Waals surface area contributed by atoms with E-state index in [0.29, 0.717) is 18.3 Å². The van der Waals surface area contributed by atoms with E-state index in [1.54, 1.807) is 13.3 Å². The molecular formula is C15H20N4O2. The summed E-state index contributed by atoms with van der Waals surface area (Å²) in [6.07, 6.45) is 3.28. The summed E-state index contributed by atoms with van der Waals surface area (Å²) in [6.45, 7) is 6.43. The largest absolute Gasteiger partial charge is 0.481 e. The summed E-state index contributed by atoms with van der Waals surface area (Å²) in [7, 11) is 1.59. The van der Waals surface area contributed by atoms with Crippen LogP contribution in [0.2, 0.25) is 0 Å². The fourth-order valence-corrected chi connectivity index (χ4v) is 1.88. The minimum Gasteiger partial charge on any atom is -0.481 e. The SMILES string of the molecule is COc1ncnc(NCc2cccnc2OC(C)C)c1C. The summed E-state index contributed by atoms with van der Waals surface area (Å²) < 4.78 is 10.9. The molecule has 0 aromatic carbocycles. The van der Waals surface area contributed by atoms with Gasteiger partial charge in [0.25, 0.3) is 0 Å². The molecule has 0 aliphatic carbocycles. The Kier molecular flexibility index (Phi) is 4.92. The zero-order valence-corrected chi connectivity index (χ0v) is 12.8. The zero-order chi connectivity index (χ0) is 15.2. The Balaban J connectivity index is 2.13. The van der Waals surface area contributed by atoms with Crippen LogP contribution in [0.15, 0.2) is 24.7 Å². The van der Waals surface area contributed by atoms with Gasteiger partial charge in [0.05, 0.1) is 18.8 Å². The molecule has 2 aromatic rings. The number of ether oxygens (including phenoxy) is 2. The van der Waals surface area contributed by atoms with Crippen LogP contribution in [0, 0.1) is 6.92 Å². The Hall–Kier alpha value is -2.37. The summed E-state index contributed by atoms with van der Waals surface area (Å²) in [5.41, 5.74) is 1.85. The third-order valence-corrected chi connectivity index (χ3v) is 2.87. The van der Waals surface area contributed by atoms with Crippen molar-refractivity contribution >= 4 is 5.82 Å². The summed E-state index contributed by atoms with van der Waals surface area (Å²) in [5.74, 6) is 1.94. The lowest BCUT2D eigenvalue weighted by Gasteiger charge is -2.14. The van der Waals surface area contributed by atoms with Crippen molar-refractivity contribution in [1.29, 1.82) is 0 Å². The lowest BCUT2D eigenvalue weighted by molar-refractivity contribution is 0.230. The van der Waals surface area contributed by atoms with Crippen LogP contribution < -0.4 is 14.8 Å². The predicted molar refractivity (Wildman–Crippen MR) is 80.6 cm³/mol. The van der Waals surface area contributed by atoms with Gasteiger partial charge in [-0.25, -0.2) is 15.0 Å². The molecule has 0 aliphatic rings. The Morgan fingerprint density at radius 1 is 1.19 bits per heavy atom. The second-order valence-corrected chi connectivity index (χ2v) is 4.84. The Morgan fingerprint density at radius 3 is 2.71 bits per heavy atom. The van der Waals surface area contributed by atoms with Gasteiger partial charge in [-0.2, -0.15) is 0 Å². The molecule has 112 valence electrons. The molecule has 2 aromatic heterocycles. The summed E-state index contributed by atoms with van der Waals surface area (Å²) in [6, 6.07) is 3.86. The Labute approximate surface area is 124 Å². The molecule has 2 heterocycles. The monoisotopic (exact) mass is 288 g/mol. The lowest BCUT2D eigenvalue weighted by atomic mass is 10.2. The first kappa shape index (κ1) is 15.0. The maximum atomic E-state index is 5.70. The molecule has 6 nitrogen and oxygen atoms in total. The maximum Gasteiger partial charge on any atom is 0.221 e. The van der Waals surface area contributed by atoms with Crippen LogP contribution in [0.3, 0.4) is 0 Å². The molecule has 6 heteroatoms. The van der Waals surface area contributed by atoms with Crippen LogP contribution in [-0.2, 0) is 6.54 Å². The van der Waals surface area contributed by atoms with Gasteiger partial charge in [0.15, 0.2) is 0 Å². The number of hydrogen-bond donors (Lipinski definition) is 1. The molecule has 2 rings (SSSR count). The predicted octanol–water partition coefficient (Wildman–Crippen LogP) is 2.59. The molecule has 0 bridgehead atoms. The van der Waals surface area contributed by atoms with E-state index in [-0.39, 0.29) is 6.10 Å². The Morgan fingerprint density at radius 2 is 2.00 bits per heavy atom. The van der Waals surface area contributed by atoms with E-state index in [9.17, 15) is 0 Å². The van der Waals surface area contributed by atoms with E-state index in [1.165, 1.54) is 6.33 Å². The van der Waals surface area contributed by atoms with Crippen molar-refractivity contribution in [1.82, 2.24) is 15.0 Å². The van der Waals surface area contributed by atoms with Gasteiger partial charge >= 0.3 is 0 Å². The van der Waals surface area contributed by atoms with Crippen LogP contribution in [0.4, 0.5) is 5.82 Å². The maximum absolute atomic E-state index is 5.70. The van der Waals surface area contributed by atoms with E-state index in [2.05, 4.69) is 20.3 Å². The second kappa shape index (κ2) is 6.88. The normalized spacial score (nSPS) is 10.5. The molecule has 0 amide bonds. The van der Waals surface area contributed by atoms with Gasteiger partial charge in [-0.05, 0) is 26.8 Å². The lowest BCUT2D eigenvalue weighted by Crippen LogP contribution is -2.11. The number of rotatable bonds is 6. The first-order chi connectivity index (χ1) is 10.1. The minimum absolute atomic E-state index is 0.0829. The van der Waals surface area contributed by atoms with E-state index < -0.39 is 0 Å². The average molecular weight is 288 g/mol. The van der Waals surface area contributed by atoms with Crippen molar-refractivity contribution in [2.24, 2.45) is 0 Å².